The summed E-state index contributed by atoms with van der Waals surface area (Å²) < 4.78 is 0. The Labute approximate surface area is 154 Å². The molecule has 0 aliphatic rings. The molecule has 0 aromatic heterocycles. The quantitative estimate of drug-likeness (QED) is 0.163. The van der Waals surface area contributed by atoms with Crippen LogP contribution in [0.25, 0.3) is 0 Å². The molecule has 0 heteroatoms. The van der Waals surface area contributed by atoms with Gasteiger partial charge in [0.2, 0.25) is 0 Å². The monoisotopic (exact) mass is 336 g/mol. The van der Waals surface area contributed by atoms with Crippen LogP contribution in [0.5, 0.6) is 0 Å². The van der Waals surface area contributed by atoms with E-state index < -0.39 is 0 Å². The molecular weight excluding hydrogens is 288 g/mol. The predicted octanol–water partition coefficient (Wildman–Crippen LogP) is 9.24. The molecule has 0 rings (SSSR count). The average molecular weight is 337 g/mol. The van der Waals surface area contributed by atoms with Crippen molar-refractivity contribution in [2.45, 2.75) is 136 Å². The van der Waals surface area contributed by atoms with Crippen molar-refractivity contribution in [3.63, 3.8) is 0 Å². The summed E-state index contributed by atoms with van der Waals surface area (Å²) in [4.78, 5) is 0. The van der Waals surface area contributed by atoms with Gasteiger partial charge in [0.1, 0.15) is 0 Å². The summed E-state index contributed by atoms with van der Waals surface area (Å²) in [7, 11) is 0. The minimum atomic E-state index is 0.857. The number of allylic oxidation sites excluding steroid dienone is 2. The van der Waals surface area contributed by atoms with Gasteiger partial charge in [0.25, 0.3) is 0 Å². The molecule has 0 amide bonds. The van der Waals surface area contributed by atoms with Crippen LogP contribution in [0.3, 0.4) is 0 Å². The van der Waals surface area contributed by atoms with E-state index in [0.717, 1.165) is 5.92 Å². The second-order valence-corrected chi connectivity index (χ2v) is 7.81. The van der Waals surface area contributed by atoms with E-state index in [2.05, 4.69) is 32.9 Å². The second-order valence-electron chi connectivity index (χ2n) is 7.81. The van der Waals surface area contributed by atoms with Gasteiger partial charge in [-0.1, -0.05) is 129 Å². The maximum Gasteiger partial charge on any atom is -0.0234 e. The average Bonchev–Trinajstić information content (AvgIpc) is 2.59. The third kappa shape index (κ3) is 18.1. The highest BCUT2D eigenvalue weighted by Gasteiger charge is 2.04. The lowest BCUT2D eigenvalue weighted by molar-refractivity contribution is 0.464. The van der Waals surface area contributed by atoms with E-state index in [4.69, 9.17) is 0 Å². The Balaban J connectivity index is 3.40. The van der Waals surface area contributed by atoms with Crippen molar-refractivity contribution in [1.82, 2.24) is 0 Å². The Morgan fingerprint density at radius 2 is 0.833 bits per heavy atom. The van der Waals surface area contributed by atoms with Gasteiger partial charge in [0.15, 0.2) is 0 Å². The van der Waals surface area contributed by atoms with Crippen molar-refractivity contribution < 1.29 is 0 Å². The van der Waals surface area contributed by atoms with Gasteiger partial charge in [-0.25, -0.2) is 0 Å². The van der Waals surface area contributed by atoms with Crippen LogP contribution in [-0.4, -0.2) is 0 Å². The zero-order valence-corrected chi connectivity index (χ0v) is 17.5. The first-order valence-corrected chi connectivity index (χ1v) is 11.5. The van der Waals surface area contributed by atoms with Crippen LogP contribution in [0, 0.1) is 5.92 Å². The van der Waals surface area contributed by atoms with E-state index >= 15 is 0 Å². The molecule has 0 nitrogen and oxygen atoms in total. The van der Waals surface area contributed by atoms with E-state index in [1.807, 2.05) is 0 Å². The third-order valence-electron chi connectivity index (χ3n) is 5.32. The summed E-state index contributed by atoms with van der Waals surface area (Å²) >= 11 is 0. The number of hydrogen-bond acceptors (Lipinski definition) is 0. The minimum absolute atomic E-state index is 0.857. The molecule has 0 aliphatic heterocycles. The molecule has 0 bridgehead atoms. The lowest BCUT2D eigenvalue weighted by Gasteiger charge is -2.12. The van der Waals surface area contributed by atoms with Crippen LogP contribution >= 0.6 is 0 Å². The van der Waals surface area contributed by atoms with Crippen molar-refractivity contribution >= 4 is 0 Å². The molecular formula is C24H48. The molecule has 0 saturated carbocycles. The number of hydrogen-bond donors (Lipinski definition) is 0. The third-order valence-corrected chi connectivity index (χ3v) is 5.32. The maximum absolute atomic E-state index is 2.47. The largest absolute Gasteiger partial charge is 0.0914 e. The summed E-state index contributed by atoms with van der Waals surface area (Å²) in [6.45, 7) is 6.78. The SMILES string of the molecule is C/C=C/[C@H](CCCCCCC)CCCCCCCCCCCCC. The van der Waals surface area contributed by atoms with Gasteiger partial charge in [-0.2, -0.15) is 0 Å². The number of unbranched alkanes of at least 4 members (excludes halogenated alkanes) is 14. The zero-order chi connectivity index (χ0) is 17.7. The van der Waals surface area contributed by atoms with Gasteiger partial charge < -0.3 is 0 Å². The smallest absolute Gasteiger partial charge is 0.0234 e. The topological polar surface area (TPSA) is 0 Å². The fourth-order valence-corrected chi connectivity index (χ4v) is 3.69. The lowest BCUT2D eigenvalue weighted by atomic mass is 9.94. The molecule has 0 aromatic rings. The Morgan fingerprint density at radius 1 is 0.500 bits per heavy atom. The molecule has 144 valence electrons. The van der Waals surface area contributed by atoms with E-state index in [-0.39, 0.29) is 0 Å². The van der Waals surface area contributed by atoms with Gasteiger partial charge in [-0.05, 0) is 25.7 Å². The van der Waals surface area contributed by atoms with Gasteiger partial charge >= 0.3 is 0 Å². The van der Waals surface area contributed by atoms with Gasteiger partial charge in [-0.15, -0.1) is 0 Å². The number of rotatable bonds is 19. The van der Waals surface area contributed by atoms with Crippen LogP contribution in [0.15, 0.2) is 12.2 Å². The Hall–Kier alpha value is -0.260. The van der Waals surface area contributed by atoms with Crippen LogP contribution in [0.1, 0.15) is 136 Å². The highest BCUT2D eigenvalue weighted by atomic mass is 14.1. The van der Waals surface area contributed by atoms with Crippen LogP contribution < -0.4 is 0 Å². The first-order valence-electron chi connectivity index (χ1n) is 11.5. The van der Waals surface area contributed by atoms with E-state index in [1.54, 1.807) is 0 Å². The lowest BCUT2D eigenvalue weighted by Crippen LogP contribution is -1.97. The fourth-order valence-electron chi connectivity index (χ4n) is 3.69. The summed E-state index contributed by atoms with van der Waals surface area (Å²) in [5.41, 5.74) is 0. The predicted molar refractivity (Wildman–Crippen MR) is 113 cm³/mol. The molecule has 0 fully saturated rings. The highest BCUT2D eigenvalue weighted by Crippen LogP contribution is 2.20. The summed E-state index contributed by atoms with van der Waals surface area (Å²) in [6.07, 6.45) is 30.7. The summed E-state index contributed by atoms with van der Waals surface area (Å²) in [5, 5.41) is 0. The molecule has 0 radical (unpaired) electrons. The van der Waals surface area contributed by atoms with E-state index in [1.165, 1.54) is 116 Å². The second kappa shape index (κ2) is 20.8. The highest BCUT2D eigenvalue weighted by molar-refractivity contribution is 4.85. The van der Waals surface area contributed by atoms with Crippen molar-refractivity contribution in [2.75, 3.05) is 0 Å². The van der Waals surface area contributed by atoms with Gasteiger partial charge in [0, 0.05) is 0 Å². The molecule has 0 N–H and O–H groups in total. The van der Waals surface area contributed by atoms with E-state index in [9.17, 15) is 0 Å². The zero-order valence-electron chi connectivity index (χ0n) is 17.5. The first kappa shape index (κ1) is 23.7. The summed E-state index contributed by atoms with van der Waals surface area (Å²) in [5.74, 6) is 0.857. The molecule has 24 heavy (non-hydrogen) atoms. The minimum Gasteiger partial charge on any atom is -0.0914 e. The molecule has 1 atom stereocenters. The Kier molecular flexibility index (Phi) is 20.6. The molecule has 0 unspecified atom stereocenters. The molecule has 0 spiro atoms. The maximum atomic E-state index is 2.47. The fraction of sp³-hybridized carbons (Fsp3) is 0.917. The van der Waals surface area contributed by atoms with E-state index in [0.29, 0.717) is 0 Å². The van der Waals surface area contributed by atoms with Crippen LogP contribution in [0.2, 0.25) is 0 Å². The van der Waals surface area contributed by atoms with Gasteiger partial charge in [0.05, 0.1) is 0 Å². The van der Waals surface area contributed by atoms with Crippen LogP contribution in [0.4, 0.5) is 0 Å². The standard InChI is InChI=1S/C24H48/c1-4-7-9-11-12-13-14-15-16-18-20-23-24(21-6-3)22-19-17-10-8-5-2/h6,21,24H,4-5,7-20,22-23H2,1-3H3/b21-6+/t24-/m1/s1. The molecule has 0 heterocycles. The molecule has 0 saturated heterocycles. The summed E-state index contributed by atoms with van der Waals surface area (Å²) in [6, 6.07) is 0. The normalized spacial score (nSPS) is 13.0. The van der Waals surface area contributed by atoms with Gasteiger partial charge in [-0.3, -0.25) is 0 Å². The van der Waals surface area contributed by atoms with Crippen molar-refractivity contribution in [2.24, 2.45) is 5.92 Å². The Bertz CT molecular complexity index is 240. The molecule has 0 aliphatic carbocycles. The first-order chi connectivity index (χ1) is 11.8. The van der Waals surface area contributed by atoms with Crippen molar-refractivity contribution in [1.29, 1.82) is 0 Å². The van der Waals surface area contributed by atoms with Crippen molar-refractivity contribution in [3.8, 4) is 0 Å². The molecule has 0 aromatic carbocycles. The van der Waals surface area contributed by atoms with Crippen molar-refractivity contribution in [3.05, 3.63) is 12.2 Å². The van der Waals surface area contributed by atoms with Crippen LogP contribution in [-0.2, 0) is 0 Å². The Morgan fingerprint density at radius 3 is 1.17 bits per heavy atom.